The monoisotopic (exact) mass is 342 g/mol. The standard InChI is InChI=1S/C16H20Cl2N2O2/c1-10(2)14(16(22)20-7-3-4-8-20)19-15(21)11-5-6-12(17)13(18)9-11/h5-6,9-10,14H,3-4,7-8H2,1-2H3,(H,19,21)/t14-/m1/s1. The van der Waals surface area contributed by atoms with Crippen molar-refractivity contribution < 1.29 is 9.59 Å². The highest BCUT2D eigenvalue weighted by molar-refractivity contribution is 6.42. The van der Waals surface area contributed by atoms with E-state index in [9.17, 15) is 9.59 Å². The second kappa shape index (κ2) is 7.34. The zero-order chi connectivity index (χ0) is 16.3. The highest BCUT2D eigenvalue weighted by atomic mass is 35.5. The fourth-order valence-electron chi connectivity index (χ4n) is 2.51. The second-order valence-corrected chi connectivity index (χ2v) is 6.67. The maximum Gasteiger partial charge on any atom is 0.251 e. The maximum atomic E-state index is 12.5. The molecule has 6 heteroatoms. The summed E-state index contributed by atoms with van der Waals surface area (Å²) in [7, 11) is 0. The van der Waals surface area contributed by atoms with E-state index in [1.807, 2.05) is 18.7 Å². The van der Waals surface area contributed by atoms with E-state index in [1.54, 1.807) is 12.1 Å². The van der Waals surface area contributed by atoms with Gasteiger partial charge in [0.05, 0.1) is 10.0 Å². The molecule has 2 rings (SSSR count). The molecular weight excluding hydrogens is 323 g/mol. The summed E-state index contributed by atoms with van der Waals surface area (Å²) in [5.41, 5.74) is 0.397. The molecule has 0 aliphatic carbocycles. The van der Waals surface area contributed by atoms with Gasteiger partial charge in [-0.3, -0.25) is 9.59 Å². The van der Waals surface area contributed by atoms with Gasteiger partial charge in [-0.05, 0) is 37.0 Å². The van der Waals surface area contributed by atoms with Crippen molar-refractivity contribution in [3.63, 3.8) is 0 Å². The van der Waals surface area contributed by atoms with Gasteiger partial charge in [0.15, 0.2) is 0 Å². The summed E-state index contributed by atoms with van der Waals surface area (Å²) in [4.78, 5) is 26.7. The third-order valence-corrected chi connectivity index (χ3v) is 4.56. The number of nitrogens with one attached hydrogen (secondary N) is 1. The van der Waals surface area contributed by atoms with Crippen LogP contribution in [0.25, 0.3) is 0 Å². The Morgan fingerprint density at radius 3 is 2.32 bits per heavy atom. The van der Waals surface area contributed by atoms with Crippen molar-refractivity contribution >= 4 is 35.0 Å². The van der Waals surface area contributed by atoms with Gasteiger partial charge in [0.25, 0.3) is 5.91 Å². The van der Waals surface area contributed by atoms with Crippen molar-refractivity contribution in [2.45, 2.75) is 32.7 Å². The van der Waals surface area contributed by atoms with Crippen LogP contribution in [-0.2, 0) is 4.79 Å². The van der Waals surface area contributed by atoms with Crippen molar-refractivity contribution in [2.24, 2.45) is 5.92 Å². The number of hydrogen-bond acceptors (Lipinski definition) is 2. The van der Waals surface area contributed by atoms with Crippen LogP contribution in [0.15, 0.2) is 18.2 Å². The average molecular weight is 343 g/mol. The minimum atomic E-state index is -0.528. The van der Waals surface area contributed by atoms with Gasteiger partial charge in [0, 0.05) is 18.7 Å². The molecule has 1 fully saturated rings. The van der Waals surface area contributed by atoms with Gasteiger partial charge in [-0.25, -0.2) is 0 Å². The molecule has 0 saturated carbocycles. The molecule has 1 N–H and O–H groups in total. The van der Waals surface area contributed by atoms with Crippen molar-refractivity contribution in [3.05, 3.63) is 33.8 Å². The summed E-state index contributed by atoms with van der Waals surface area (Å²) in [6.45, 7) is 5.39. The first-order valence-electron chi connectivity index (χ1n) is 7.45. The van der Waals surface area contributed by atoms with E-state index in [0.29, 0.717) is 15.6 Å². The number of hydrogen-bond donors (Lipinski definition) is 1. The lowest BCUT2D eigenvalue weighted by molar-refractivity contribution is -0.133. The van der Waals surface area contributed by atoms with E-state index in [2.05, 4.69) is 5.32 Å². The molecule has 0 spiro atoms. The Morgan fingerprint density at radius 1 is 1.14 bits per heavy atom. The molecule has 1 aliphatic heterocycles. The molecule has 0 aromatic heterocycles. The number of benzene rings is 1. The molecule has 0 bridgehead atoms. The SMILES string of the molecule is CC(C)[C@@H](NC(=O)c1ccc(Cl)c(Cl)c1)C(=O)N1CCCC1. The lowest BCUT2D eigenvalue weighted by Gasteiger charge is -2.26. The molecule has 1 atom stereocenters. The smallest absolute Gasteiger partial charge is 0.251 e. The summed E-state index contributed by atoms with van der Waals surface area (Å²) in [6.07, 6.45) is 2.05. The zero-order valence-electron chi connectivity index (χ0n) is 12.7. The van der Waals surface area contributed by atoms with Crippen LogP contribution in [0.4, 0.5) is 0 Å². The quantitative estimate of drug-likeness (QED) is 0.911. The van der Waals surface area contributed by atoms with Gasteiger partial charge >= 0.3 is 0 Å². The molecular formula is C16H20Cl2N2O2. The molecule has 2 amide bonds. The fourth-order valence-corrected chi connectivity index (χ4v) is 2.81. The zero-order valence-corrected chi connectivity index (χ0v) is 14.2. The minimum Gasteiger partial charge on any atom is -0.341 e. The van der Waals surface area contributed by atoms with Crippen LogP contribution in [0, 0.1) is 5.92 Å². The summed E-state index contributed by atoms with van der Waals surface area (Å²) in [6, 6.07) is 4.16. The Labute approximate surface area is 140 Å². The second-order valence-electron chi connectivity index (χ2n) is 5.86. The van der Waals surface area contributed by atoms with E-state index in [1.165, 1.54) is 6.07 Å². The van der Waals surface area contributed by atoms with Crippen LogP contribution >= 0.6 is 23.2 Å². The van der Waals surface area contributed by atoms with Crippen LogP contribution in [0.2, 0.25) is 10.0 Å². The first-order chi connectivity index (χ1) is 10.4. The first kappa shape index (κ1) is 17.1. The van der Waals surface area contributed by atoms with Crippen LogP contribution in [0.5, 0.6) is 0 Å². The summed E-state index contributed by atoms with van der Waals surface area (Å²) in [5.74, 6) is -0.314. The number of carbonyl (C=O) groups is 2. The normalized spacial score (nSPS) is 16.0. The highest BCUT2D eigenvalue weighted by Crippen LogP contribution is 2.23. The molecule has 1 heterocycles. The molecule has 1 aromatic carbocycles. The van der Waals surface area contributed by atoms with Crippen molar-refractivity contribution in [3.8, 4) is 0 Å². The topological polar surface area (TPSA) is 49.4 Å². The molecule has 1 aromatic rings. The number of amides is 2. The number of rotatable bonds is 4. The van der Waals surface area contributed by atoms with E-state index < -0.39 is 6.04 Å². The van der Waals surface area contributed by atoms with E-state index in [-0.39, 0.29) is 17.7 Å². The number of carbonyl (C=O) groups excluding carboxylic acids is 2. The van der Waals surface area contributed by atoms with Gasteiger partial charge < -0.3 is 10.2 Å². The molecule has 22 heavy (non-hydrogen) atoms. The van der Waals surface area contributed by atoms with E-state index in [4.69, 9.17) is 23.2 Å². The molecule has 1 saturated heterocycles. The lowest BCUT2D eigenvalue weighted by atomic mass is 10.0. The van der Waals surface area contributed by atoms with E-state index >= 15 is 0 Å². The van der Waals surface area contributed by atoms with Gasteiger partial charge in [0.2, 0.25) is 5.91 Å². The minimum absolute atomic E-state index is 0.0130. The summed E-state index contributed by atoms with van der Waals surface area (Å²) >= 11 is 11.8. The lowest BCUT2D eigenvalue weighted by Crippen LogP contribution is -2.50. The van der Waals surface area contributed by atoms with E-state index in [0.717, 1.165) is 25.9 Å². The predicted octanol–water partition coefficient (Wildman–Crippen LogP) is 3.37. The van der Waals surface area contributed by atoms with Gasteiger partial charge in [-0.15, -0.1) is 0 Å². The fraction of sp³-hybridized carbons (Fsp3) is 0.500. The Kier molecular flexibility index (Phi) is 5.70. The van der Waals surface area contributed by atoms with Gasteiger partial charge in [-0.2, -0.15) is 0 Å². The van der Waals surface area contributed by atoms with Crippen molar-refractivity contribution in [1.29, 1.82) is 0 Å². The van der Waals surface area contributed by atoms with Crippen LogP contribution in [-0.4, -0.2) is 35.8 Å². The molecule has 4 nitrogen and oxygen atoms in total. The van der Waals surface area contributed by atoms with Crippen LogP contribution in [0.3, 0.4) is 0 Å². The third kappa shape index (κ3) is 3.93. The first-order valence-corrected chi connectivity index (χ1v) is 8.20. The Bertz CT molecular complexity index is 569. The third-order valence-electron chi connectivity index (χ3n) is 3.82. The van der Waals surface area contributed by atoms with Gasteiger partial charge in [0.1, 0.15) is 6.04 Å². The summed E-state index contributed by atoms with van der Waals surface area (Å²) < 4.78 is 0. The molecule has 120 valence electrons. The molecule has 0 radical (unpaired) electrons. The molecule has 0 unspecified atom stereocenters. The predicted molar refractivity (Wildman–Crippen MR) is 88.4 cm³/mol. The highest BCUT2D eigenvalue weighted by Gasteiger charge is 2.30. The number of halogens is 2. The summed E-state index contributed by atoms with van der Waals surface area (Å²) in [5, 5.41) is 3.54. The number of nitrogens with zero attached hydrogens (tertiary/aromatic N) is 1. The Balaban J connectivity index is 2.11. The maximum absolute atomic E-state index is 12.5. The Morgan fingerprint density at radius 2 is 1.77 bits per heavy atom. The van der Waals surface area contributed by atoms with Crippen molar-refractivity contribution in [2.75, 3.05) is 13.1 Å². The number of likely N-dealkylation sites (tertiary alicyclic amines) is 1. The van der Waals surface area contributed by atoms with Crippen LogP contribution < -0.4 is 5.32 Å². The van der Waals surface area contributed by atoms with Crippen LogP contribution in [0.1, 0.15) is 37.0 Å². The largest absolute Gasteiger partial charge is 0.341 e. The van der Waals surface area contributed by atoms with Crippen molar-refractivity contribution in [1.82, 2.24) is 10.2 Å². The molecule has 1 aliphatic rings. The average Bonchev–Trinajstić information content (AvgIpc) is 3.00. The van der Waals surface area contributed by atoms with Gasteiger partial charge in [-0.1, -0.05) is 37.0 Å². The Hall–Kier alpha value is -1.26.